The maximum Gasteiger partial charge on any atom is 0.273 e. The summed E-state index contributed by atoms with van der Waals surface area (Å²) in [5.74, 6) is 6.16. The van der Waals surface area contributed by atoms with Crippen LogP contribution in [-0.2, 0) is 0 Å². The molecule has 6 heteroatoms. The summed E-state index contributed by atoms with van der Waals surface area (Å²) < 4.78 is 0. The van der Waals surface area contributed by atoms with Crippen molar-refractivity contribution < 1.29 is 4.92 Å². The third-order valence-electron chi connectivity index (χ3n) is 3.47. The van der Waals surface area contributed by atoms with Gasteiger partial charge in [0.15, 0.2) is 0 Å². The first kappa shape index (κ1) is 13.6. The van der Waals surface area contributed by atoms with Gasteiger partial charge in [0, 0.05) is 23.9 Å². The molecule has 2 rings (SSSR count). The number of rotatable bonds is 7. The lowest BCUT2D eigenvalue weighted by molar-refractivity contribution is -0.384. The van der Waals surface area contributed by atoms with E-state index in [1.165, 1.54) is 18.9 Å². The van der Waals surface area contributed by atoms with Gasteiger partial charge in [0.25, 0.3) is 5.69 Å². The predicted octanol–water partition coefficient (Wildman–Crippen LogP) is 2.87. The molecule has 1 aromatic rings. The molecule has 0 aromatic heterocycles. The molecule has 0 aliphatic heterocycles. The van der Waals surface area contributed by atoms with E-state index < -0.39 is 4.92 Å². The third kappa shape index (κ3) is 3.82. The molecule has 6 nitrogen and oxygen atoms in total. The van der Waals surface area contributed by atoms with E-state index in [4.69, 9.17) is 5.84 Å². The fourth-order valence-electron chi connectivity index (χ4n) is 2.20. The molecular formula is C13H20N4O2. The molecule has 4 N–H and O–H groups in total. The Hall–Kier alpha value is -1.82. The number of nitrogens with one attached hydrogen (secondary N) is 2. The van der Waals surface area contributed by atoms with E-state index in [1.54, 1.807) is 12.1 Å². The van der Waals surface area contributed by atoms with Crippen molar-refractivity contribution in [2.75, 3.05) is 10.7 Å². The maximum absolute atomic E-state index is 10.9. The Morgan fingerprint density at radius 1 is 1.42 bits per heavy atom. The summed E-state index contributed by atoms with van der Waals surface area (Å²) in [7, 11) is 0. The number of hydrogen-bond donors (Lipinski definition) is 3. The maximum atomic E-state index is 10.9. The number of nitrogens with zero attached hydrogens (tertiary/aromatic N) is 1. The predicted molar refractivity (Wildman–Crippen MR) is 75.9 cm³/mol. The highest BCUT2D eigenvalue weighted by molar-refractivity contribution is 5.63. The highest BCUT2D eigenvalue weighted by atomic mass is 16.6. The lowest BCUT2D eigenvalue weighted by atomic mass is 10.1. The molecule has 1 fully saturated rings. The number of nitrogen functional groups attached to an aromatic ring is 1. The van der Waals surface area contributed by atoms with Gasteiger partial charge in [-0.1, -0.05) is 19.8 Å². The second kappa shape index (κ2) is 5.88. The Bertz CT molecular complexity index is 460. The van der Waals surface area contributed by atoms with Crippen LogP contribution in [-0.4, -0.2) is 11.0 Å². The van der Waals surface area contributed by atoms with Crippen LogP contribution in [0.2, 0.25) is 0 Å². The zero-order valence-corrected chi connectivity index (χ0v) is 11.1. The van der Waals surface area contributed by atoms with Crippen LogP contribution in [0.5, 0.6) is 0 Å². The SMILES string of the molecule is CCC(CC1CC1)Nc1cc(NN)cc([N+](=O)[O-])c1. The van der Waals surface area contributed by atoms with Crippen LogP contribution in [0.1, 0.15) is 32.6 Å². The molecule has 0 radical (unpaired) electrons. The number of nitro groups is 1. The number of nitrogens with two attached hydrogens (primary N) is 1. The molecular weight excluding hydrogens is 244 g/mol. The number of non-ortho nitro benzene ring substituents is 1. The third-order valence-corrected chi connectivity index (χ3v) is 3.47. The Labute approximate surface area is 112 Å². The van der Waals surface area contributed by atoms with Gasteiger partial charge in [0.2, 0.25) is 0 Å². The molecule has 1 atom stereocenters. The fraction of sp³-hybridized carbons (Fsp3) is 0.538. The average Bonchev–Trinajstić information content (AvgIpc) is 3.21. The van der Waals surface area contributed by atoms with E-state index in [0.29, 0.717) is 11.7 Å². The second-order valence-electron chi connectivity index (χ2n) is 5.10. The molecule has 0 spiro atoms. The van der Waals surface area contributed by atoms with Gasteiger partial charge < -0.3 is 10.7 Å². The number of hydrogen-bond acceptors (Lipinski definition) is 5. The van der Waals surface area contributed by atoms with Crippen LogP contribution in [0, 0.1) is 16.0 Å². The summed E-state index contributed by atoms with van der Waals surface area (Å²) in [5, 5.41) is 14.2. The van der Waals surface area contributed by atoms with Gasteiger partial charge in [-0.2, -0.15) is 0 Å². The highest BCUT2D eigenvalue weighted by Gasteiger charge is 2.24. The Balaban J connectivity index is 2.12. The highest BCUT2D eigenvalue weighted by Crippen LogP contribution is 2.35. The summed E-state index contributed by atoms with van der Waals surface area (Å²) in [6.07, 6.45) is 4.75. The van der Waals surface area contributed by atoms with Crippen LogP contribution in [0.25, 0.3) is 0 Å². The number of anilines is 2. The van der Waals surface area contributed by atoms with Crippen molar-refractivity contribution in [3.63, 3.8) is 0 Å². The van der Waals surface area contributed by atoms with Crippen LogP contribution in [0.15, 0.2) is 18.2 Å². The summed E-state index contributed by atoms with van der Waals surface area (Å²) in [6.45, 7) is 2.12. The quantitative estimate of drug-likeness (QED) is 0.400. The summed E-state index contributed by atoms with van der Waals surface area (Å²) >= 11 is 0. The minimum atomic E-state index is -0.409. The van der Waals surface area contributed by atoms with Crippen LogP contribution < -0.4 is 16.6 Å². The lowest BCUT2D eigenvalue weighted by Crippen LogP contribution is -2.19. The molecule has 104 valence electrons. The molecule has 0 amide bonds. The molecule has 1 aliphatic carbocycles. The fourth-order valence-corrected chi connectivity index (χ4v) is 2.20. The number of benzene rings is 1. The lowest BCUT2D eigenvalue weighted by Gasteiger charge is -2.18. The molecule has 0 bridgehead atoms. The van der Waals surface area contributed by atoms with E-state index in [2.05, 4.69) is 17.7 Å². The zero-order chi connectivity index (χ0) is 13.8. The molecule has 0 heterocycles. The van der Waals surface area contributed by atoms with Gasteiger partial charge in [-0.25, -0.2) is 0 Å². The summed E-state index contributed by atoms with van der Waals surface area (Å²) in [5.41, 5.74) is 3.79. The first-order valence-corrected chi connectivity index (χ1v) is 6.65. The van der Waals surface area contributed by atoms with E-state index in [1.807, 2.05) is 0 Å². The van der Waals surface area contributed by atoms with Gasteiger partial charge in [-0.15, -0.1) is 0 Å². The Morgan fingerprint density at radius 2 is 2.11 bits per heavy atom. The van der Waals surface area contributed by atoms with Crippen LogP contribution in [0.4, 0.5) is 17.1 Å². The number of nitro benzene ring substituents is 1. The van der Waals surface area contributed by atoms with Crippen molar-refractivity contribution in [2.24, 2.45) is 11.8 Å². The van der Waals surface area contributed by atoms with Crippen molar-refractivity contribution >= 4 is 17.1 Å². The zero-order valence-electron chi connectivity index (χ0n) is 11.1. The van der Waals surface area contributed by atoms with Gasteiger partial charge >= 0.3 is 0 Å². The van der Waals surface area contributed by atoms with Crippen molar-refractivity contribution in [2.45, 2.75) is 38.6 Å². The number of hydrazine groups is 1. The first-order chi connectivity index (χ1) is 9.12. The molecule has 1 aromatic carbocycles. The van der Waals surface area contributed by atoms with Crippen molar-refractivity contribution in [3.8, 4) is 0 Å². The standard InChI is InChI=1S/C13H20N4O2/c1-2-10(5-9-3-4-9)15-11-6-12(16-14)8-13(7-11)17(18)19/h6-10,15-16H,2-5,14H2,1H3. The largest absolute Gasteiger partial charge is 0.382 e. The minimum absolute atomic E-state index is 0.0409. The van der Waals surface area contributed by atoms with E-state index in [9.17, 15) is 10.1 Å². The molecule has 1 aliphatic rings. The van der Waals surface area contributed by atoms with Gasteiger partial charge in [-0.05, 0) is 24.8 Å². The van der Waals surface area contributed by atoms with Gasteiger partial charge in [-0.3, -0.25) is 16.0 Å². The van der Waals surface area contributed by atoms with E-state index in [-0.39, 0.29) is 5.69 Å². The van der Waals surface area contributed by atoms with E-state index in [0.717, 1.165) is 24.4 Å². The minimum Gasteiger partial charge on any atom is -0.382 e. The van der Waals surface area contributed by atoms with Crippen molar-refractivity contribution in [1.82, 2.24) is 0 Å². The molecule has 19 heavy (non-hydrogen) atoms. The molecule has 1 saturated carbocycles. The second-order valence-corrected chi connectivity index (χ2v) is 5.10. The monoisotopic (exact) mass is 264 g/mol. The first-order valence-electron chi connectivity index (χ1n) is 6.65. The van der Waals surface area contributed by atoms with Crippen molar-refractivity contribution in [3.05, 3.63) is 28.3 Å². The normalized spacial score (nSPS) is 15.9. The van der Waals surface area contributed by atoms with E-state index >= 15 is 0 Å². The van der Waals surface area contributed by atoms with Crippen LogP contribution in [0.3, 0.4) is 0 Å². The average molecular weight is 264 g/mol. The summed E-state index contributed by atoms with van der Waals surface area (Å²) in [4.78, 5) is 10.5. The van der Waals surface area contributed by atoms with Crippen LogP contribution >= 0.6 is 0 Å². The smallest absolute Gasteiger partial charge is 0.273 e. The van der Waals surface area contributed by atoms with Gasteiger partial charge in [0.1, 0.15) is 0 Å². The molecule has 0 saturated heterocycles. The summed E-state index contributed by atoms with van der Waals surface area (Å²) in [6, 6.07) is 5.13. The Kier molecular flexibility index (Phi) is 4.21. The Morgan fingerprint density at radius 3 is 2.63 bits per heavy atom. The topological polar surface area (TPSA) is 93.2 Å². The van der Waals surface area contributed by atoms with Gasteiger partial charge in [0.05, 0.1) is 10.6 Å². The molecule has 1 unspecified atom stereocenters. The van der Waals surface area contributed by atoms with Crippen molar-refractivity contribution in [1.29, 1.82) is 0 Å².